The lowest BCUT2D eigenvalue weighted by atomic mass is 10.1. The molecule has 4 aromatic heterocycles. The Bertz CT molecular complexity index is 1200. The number of ether oxygens (including phenoxy) is 1. The summed E-state index contributed by atoms with van der Waals surface area (Å²) < 4.78 is 48.7. The zero-order valence-corrected chi connectivity index (χ0v) is 18.5. The topological polar surface area (TPSA) is 78.9 Å². The van der Waals surface area contributed by atoms with Gasteiger partial charge in [0.2, 0.25) is 5.82 Å². The Morgan fingerprint density at radius 2 is 1.87 bits per heavy atom. The van der Waals surface area contributed by atoms with Crippen LogP contribution in [0.3, 0.4) is 0 Å². The first kappa shape index (κ1) is 20.8. The number of hydrogen-bond donors (Lipinski definition) is 1. The van der Waals surface area contributed by atoms with Gasteiger partial charge in [0, 0.05) is 42.9 Å². The number of aromatic nitrogens is 4. The molecule has 2 N–H and O–H groups in total. The van der Waals surface area contributed by atoms with Crippen LogP contribution in [-0.4, -0.2) is 26.4 Å². The zero-order chi connectivity index (χ0) is 21.5. The molecular formula is C18H13BrF3N5OS2. The number of rotatable bonds is 5. The van der Waals surface area contributed by atoms with Gasteiger partial charge in [0.1, 0.15) is 5.82 Å². The molecule has 0 aromatic carbocycles. The summed E-state index contributed by atoms with van der Waals surface area (Å²) in [5, 5.41) is 7.44. The van der Waals surface area contributed by atoms with Crippen molar-refractivity contribution in [3.63, 3.8) is 0 Å². The molecule has 0 aliphatic heterocycles. The highest BCUT2D eigenvalue weighted by Crippen LogP contribution is 2.45. The summed E-state index contributed by atoms with van der Waals surface area (Å²) in [5.74, 6) is -0.151. The van der Waals surface area contributed by atoms with Gasteiger partial charge < -0.3 is 10.5 Å². The van der Waals surface area contributed by atoms with Crippen LogP contribution in [0.5, 0.6) is 5.88 Å². The third-order valence-electron chi connectivity index (χ3n) is 4.02. The average Bonchev–Trinajstić information content (AvgIpc) is 3.40. The molecule has 30 heavy (non-hydrogen) atoms. The summed E-state index contributed by atoms with van der Waals surface area (Å²) in [5.41, 5.74) is 5.69. The highest BCUT2D eigenvalue weighted by molar-refractivity contribution is 9.10. The van der Waals surface area contributed by atoms with E-state index < -0.39 is 11.9 Å². The maximum Gasteiger partial charge on any atom is 0.435 e. The van der Waals surface area contributed by atoms with Crippen LogP contribution in [-0.2, 0) is 6.18 Å². The third-order valence-corrected chi connectivity index (χ3v) is 6.70. The Morgan fingerprint density at radius 1 is 1.13 bits per heavy atom. The molecule has 0 amide bonds. The van der Waals surface area contributed by atoms with Gasteiger partial charge in [-0.05, 0) is 35.0 Å². The van der Waals surface area contributed by atoms with Crippen LogP contribution in [0, 0.1) is 0 Å². The van der Waals surface area contributed by atoms with Crippen molar-refractivity contribution in [2.24, 2.45) is 0 Å². The van der Waals surface area contributed by atoms with Crippen molar-refractivity contribution in [2.75, 3.05) is 12.3 Å². The molecule has 0 aliphatic carbocycles. The maximum absolute atomic E-state index is 13.8. The smallest absolute Gasteiger partial charge is 0.435 e. The Labute approximate surface area is 185 Å². The van der Waals surface area contributed by atoms with Crippen molar-refractivity contribution >= 4 is 44.4 Å². The van der Waals surface area contributed by atoms with Gasteiger partial charge in [0.05, 0.1) is 12.2 Å². The first-order valence-corrected chi connectivity index (χ1v) is 11.1. The van der Waals surface area contributed by atoms with E-state index in [2.05, 4.69) is 31.0 Å². The number of nitrogen functional groups attached to an aromatic ring is 1. The van der Waals surface area contributed by atoms with Gasteiger partial charge in [-0.2, -0.15) is 23.0 Å². The monoisotopic (exact) mass is 515 g/mol. The fourth-order valence-electron chi connectivity index (χ4n) is 2.80. The highest BCUT2D eigenvalue weighted by atomic mass is 79.9. The molecule has 0 bridgehead atoms. The van der Waals surface area contributed by atoms with Crippen LogP contribution in [0.15, 0.2) is 39.8 Å². The molecule has 156 valence electrons. The molecule has 0 radical (unpaired) electrons. The highest BCUT2D eigenvalue weighted by Gasteiger charge is 2.40. The zero-order valence-electron chi connectivity index (χ0n) is 15.3. The maximum atomic E-state index is 13.8. The van der Waals surface area contributed by atoms with E-state index in [4.69, 9.17) is 10.5 Å². The summed E-state index contributed by atoms with van der Waals surface area (Å²) >= 11 is 6.04. The lowest BCUT2D eigenvalue weighted by Gasteiger charge is -2.08. The number of nitrogens with two attached hydrogens (primary N) is 1. The number of nitrogens with zero attached hydrogens (tertiary/aromatic N) is 4. The minimum absolute atomic E-state index is 0.00688. The van der Waals surface area contributed by atoms with E-state index in [0.717, 1.165) is 30.9 Å². The first-order chi connectivity index (χ1) is 14.3. The molecule has 12 heteroatoms. The van der Waals surface area contributed by atoms with Crippen molar-refractivity contribution in [3.05, 3.63) is 45.5 Å². The molecule has 0 aliphatic rings. The van der Waals surface area contributed by atoms with Gasteiger partial charge in [0.15, 0.2) is 5.69 Å². The lowest BCUT2D eigenvalue weighted by molar-refractivity contribution is -0.140. The molecule has 0 saturated carbocycles. The fourth-order valence-corrected chi connectivity index (χ4v) is 5.25. The molecule has 0 atom stereocenters. The summed E-state index contributed by atoms with van der Waals surface area (Å²) in [6.45, 7) is 1.99. The number of thiophene rings is 2. The second kappa shape index (κ2) is 8.00. The summed E-state index contributed by atoms with van der Waals surface area (Å²) in [4.78, 5) is 9.38. The van der Waals surface area contributed by atoms with Gasteiger partial charge in [-0.1, -0.05) is 0 Å². The van der Waals surface area contributed by atoms with Crippen LogP contribution in [0.4, 0.5) is 19.0 Å². The first-order valence-electron chi connectivity index (χ1n) is 8.52. The van der Waals surface area contributed by atoms with Crippen molar-refractivity contribution in [2.45, 2.75) is 13.1 Å². The van der Waals surface area contributed by atoms with Gasteiger partial charge in [-0.3, -0.25) is 0 Å². The third kappa shape index (κ3) is 3.82. The Hall–Kier alpha value is -2.44. The van der Waals surface area contributed by atoms with E-state index in [1.54, 1.807) is 18.4 Å². The molecule has 0 unspecified atom stereocenters. The van der Waals surface area contributed by atoms with Gasteiger partial charge in [-0.25, -0.2) is 9.97 Å². The molecule has 4 aromatic rings. The molecule has 0 saturated heterocycles. The molecule has 6 nitrogen and oxygen atoms in total. The van der Waals surface area contributed by atoms with Gasteiger partial charge in [-0.15, -0.1) is 22.7 Å². The summed E-state index contributed by atoms with van der Waals surface area (Å²) in [6, 6.07) is 3.58. The standard InChI is InChI=1S/C18H13BrF3N5OS2/c1-2-28-17-16(24-3-4-25-17)27-15(23)13(14(26-27)18(20,21)22)12-5-9(7-29-12)11-6-10(19)8-30-11/h3-8H,2,23H2,1H3. The van der Waals surface area contributed by atoms with Crippen LogP contribution in [0.2, 0.25) is 0 Å². The van der Waals surface area contributed by atoms with E-state index in [1.165, 1.54) is 23.7 Å². The van der Waals surface area contributed by atoms with Crippen molar-refractivity contribution < 1.29 is 17.9 Å². The second-order valence-corrected chi connectivity index (χ2v) is 8.70. The van der Waals surface area contributed by atoms with E-state index >= 15 is 0 Å². The Kier molecular flexibility index (Phi) is 5.55. The normalized spacial score (nSPS) is 11.8. The number of anilines is 1. The largest absolute Gasteiger partial charge is 0.475 e. The molecular weight excluding hydrogens is 503 g/mol. The van der Waals surface area contributed by atoms with E-state index in [0.29, 0.717) is 4.88 Å². The van der Waals surface area contributed by atoms with Crippen molar-refractivity contribution in [1.29, 1.82) is 0 Å². The van der Waals surface area contributed by atoms with E-state index in [9.17, 15) is 13.2 Å². The van der Waals surface area contributed by atoms with E-state index in [1.807, 2.05) is 11.4 Å². The number of halogens is 4. The Balaban J connectivity index is 1.88. The summed E-state index contributed by atoms with van der Waals surface area (Å²) in [7, 11) is 0. The van der Waals surface area contributed by atoms with Crippen LogP contribution in [0.1, 0.15) is 12.6 Å². The summed E-state index contributed by atoms with van der Waals surface area (Å²) in [6.07, 6.45) is -1.99. The SMILES string of the molecule is CCOc1nccnc1-n1nc(C(F)(F)F)c(-c2cc(-c3cc(Br)cs3)cs2)c1N. The molecule has 0 fully saturated rings. The predicted octanol–water partition coefficient (Wildman–Crippen LogP) is 5.88. The second-order valence-electron chi connectivity index (χ2n) is 5.97. The number of hydrogen-bond acceptors (Lipinski definition) is 7. The van der Waals surface area contributed by atoms with Crippen molar-refractivity contribution in [3.8, 4) is 32.6 Å². The lowest BCUT2D eigenvalue weighted by Crippen LogP contribution is -2.10. The molecule has 4 rings (SSSR count). The van der Waals surface area contributed by atoms with Gasteiger partial charge >= 0.3 is 6.18 Å². The van der Waals surface area contributed by atoms with E-state index in [-0.39, 0.29) is 29.7 Å². The fraction of sp³-hybridized carbons (Fsp3) is 0.167. The van der Waals surface area contributed by atoms with Crippen molar-refractivity contribution in [1.82, 2.24) is 19.7 Å². The quantitative estimate of drug-likeness (QED) is 0.359. The Morgan fingerprint density at radius 3 is 2.53 bits per heavy atom. The van der Waals surface area contributed by atoms with Crippen LogP contribution < -0.4 is 10.5 Å². The predicted molar refractivity (Wildman–Crippen MR) is 114 cm³/mol. The average molecular weight is 516 g/mol. The minimum Gasteiger partial charge on any atom is -0.475 e. The minimum atomic E-state index is -4.71. The molecule has 4 heterocycles. The van der Waals surface area contributed by atoms with Crippen LogP contribution >= 0.6 is 38.6 Å². The van der Waals surface area contributed by atoms with Crippen LogP contribution in [0.25, 0.3) is 26.7 Å². The van der Waals surface area contributed by atoms with Gasteiger partial charge in [0.25, 0.3) is 5.88 Å². The number of alkyl halides is 3. The molecule has 0 spiro atoms.